The molecule has 0 unspecified atom stereocenters. The topological polar surface area (TPSA) is 136 Å². The van der Waals surface area contributed by atoms with Crippen LogP contribution in [0.1, 0.15) is 0 Å². The largest absolute Gasteiger partial charge is 0.341 e. The van der Waals surface area contributed by atoms with Crippen molar-refractivity contribution in [2.24, 2.45) is 28.2 Å². The highest BCUT2D eigenvalue weighted by molar-refractivity contribution is 6.19. The van der Waals surface area contributed by atoms with E-state index in [-0.39, 0.29) is 0 Å². The molecule has 0 amide bonds. The van der Waals surface area contributed by atoms with E-state index >= 15 is 0 Å². The van der Waals surface area contributed by atoms with Crippen molar-refractivity contribution in [3.05, 3.63) is 170 Å². The molecule has 5 aromatic carbocycles. The lowest BCUT2D eigenvalue weighted by Gasteiger charge is -2.44. The number of imidazole rings is 4. The first-order valence-electron chi connectivity index (χ1n) is 25.1. The van der Waals surface area contributed by atoms with E-state index in [9.17, 15) is 0 Å². The predicted octanol–water partition coefficient (Wildman–Crippen LogP) is 12.6. The Morgan fingerprint density at radius 1 is 0.263 bits per heavy atom. The molecule has 15 rings (SSSR count). The van der Waals surface area contributed by atoms with E-state index < -0.39 is 0 Å². The molecule has 0 atom stereocenters. The third-order valence-electron chi connectivity index (χ3n) is 15.2. The number of aryl methyl sites for hydroxylation is 4. The van der Waals surface area contributed by atoms with E-state index in [0.29, 0.717) is 34.6 Å². The summed E-state index contributed by atoms with van der Waals surface area (Å²) in [4.78, 5) is 52.0. The van der Waals surface area contributed by atoms with Crippen LogP contribution in [0.15, 0.2) is 170 Å². The monoisotopic (exact) mass is 990 g/mol. The summed E-state index contributed by atoms with van der Waals surface area (Å²) < 4.78 is 8.41. The van der Waals surface area contributed by atoms with Crippen LogP contribution in [-0.2, 0) is 28.2 Å². The fraction of sp³-hybridized carbons (Fsp3) is 0.100. The standard InChI is InChI=1S/C60H46N16/c1-69-39-23-7-11-27-43(39)75(44-28-12-8-24-40(44)69)51-49(59-67-37-21-17-33-63-55(37)73(59)5)47(57-65-35-19-15-31-61-53(35)71(57)3)48(58-66-36-20-16-32-62-54(36)72(58)4)50(60-68-38-22-18-34-64-56(38)74(60)6)52(51)76-45-29-13-9-25-41(45)70(2)42-26-10-14-30-46(42)76/h7-34H,1-6H3. The van der Waals surface area contributed by atoms with Crippen LogP contribution in [0.4, 0.5) is 56.9 Å². The van der Waals surface area contributed by atoms with Crippen LogP contribution in [0, 0.1) is 0 Å². The van der Waals surface area contributed by atoms with Crippen molar-refractivity contribution in [1.82, 2.24) is 58.1 Å². The minimum absolute atomic E-state index is 0.638. The SMILES string of the molecule is CN1c2ccccc2N(c2c(-c3nc4cccnc4n3C)c(-c3nc4cccnc4n3C)c(-c3nc4cccnc4n3C)c(-c3nc4cccnc4n3C)c2N2c3ccccc3N(C)c3ccccc32)c2ccccc21. The summed E-state index contributed by atoms with van der Waals surface area (Å²) in [5.41, 5.74) is 18.3. The van der Waals surface area contributed by atoms with Crippen molar-refractivity contribution < 1.29 is 0 Å². The van der Waals surface area contributed by atoms with Crippen molar-refractivity contribution in [3.63, 3.8) is 0 Å². The highest BCUT2D eigenvalue weighted by Gasteiger charge is 2.43. The van der Waals surface area contributed by atoms with Gasteiger partial charge in [0.25, 0.3) is 0 Å². The Balaban J connectivity index is 1.30. The van der Waals surface area contributed by atoms with E-state index in [1.54, 1.807) is 0 Å². The molecule has 0 saturated carbocycles. The summed E-state index contributed by atoms with van der Waals surface area (Å²) in [5.74, 6) is 2.58. The number of hydrogen-bond donors (Lipinski definition) is 0. The molecule has 0 spiro atoms. The molecule has 366 valence electrons. The molecule has 13 aromatic rings. The van der Waals surface area contributed by atoms with E-state index in [0.717, 1.165) is 112 Å². The molecular formula is C60H46N16. The maximum absolute atomic E-state index is 5.69. The van der Waals surface area contributed by atoms with Gasteiger partial charge in [0, 0.05) is 78.2 Å². The van der Waals surface area contributed by atoms with E-state index in [4.69, 9.17) is 39.9 Å². The van der Waals surface area contributed by atoms with Gasteiger partial charge in [0.15, 0.2) is 22.6 Å². The molecule has 16 nitrogen and oxygen atoms in total. The molecule has 16 heteroatoms. The van der Waals surface area contributed by atoms with Crippen molar-refractivity contribution in [3.8, 4) is 45.6 Å². The van der Waals surface area contributed by atoms with Crippen LogP contribution < -0.4 is 19.6 Å². The highest BCUT2D eigenvalue weighted by Crippen LogP contribution is 2.65. The van der Waals surface area contributed by atoms with Crippen molar-refractivity contribution in [1.29, 1.82) is 0 Å². The first kappa shape index (κ1) is 43.4. The lowest BCUT2D eigenvalue weighted by molar-refractivity contribution is 0.919. The second kappa shape index (κ2) is 16.1. The van der Waals surface area contributed by atoms with Gasteiger partial charge in [0.2, 0.25) is 0 Å². The molecule has 0 N–H and O–H groups in total. The molecule has 8 aromatic heterocycles. The Bertz CT molecular complexity index is 4180. The molecular weight excluding hydrogens is 945 g/mol. The van der Waals surface area contributed by atoms with Gasteiger partial charge >= 0.3 is 0 Å². The first-order valence-corrected chi connectivity index (χ1v) is 25.1. The lowest BCUT2D eigenvalue weighted by Crippen LogP contribution is -2.29. The van der Waals surface area contributed by atoms with Crippen LogP contribution in [0.25, 0.3) is 90.2 Å². The quantitative estimate of drug-likeness (QED) is 0.157. The number of hydrogen-bond acceptors (Lipinski definition) is 12. The van der Waals surface area contributed by atoms with Crippen LogP contribution in [0.2, 0.25) is 0 Å². The summed E-state index contributed by atoms with van der Waals surface area (Å²) in [7, 11) is 12.5. The van der Waals surface area contributed by atoms with Gasteiger partial charge in [-0.15, -0.1) is 0 Å². The molecule has 2 aliphatic rings. The van der Waals surface area contributed by atoms with Crippen molar-refractivity contribution in [2.45, 2.75) is 0 Å². The number of anilines is 10. The number of fused-ring (bicyclic) bond motifs is 8. The summed E-state index contributed by atoms with van der Waals surface area (Å²) in [6, 6.07) is 50.3. The van der Waals surface area contributed by atoms with Crippen LogP contribution in [0.5, 0.6) is 0 Å². The molecule has 2 aliphatic heterocycles. The second-order valence-corrected chi connectivity index (χ2v) is 19.3. The minimum Gasteiger partial charge on any atom is -0.341 e. The van der Waals surface area contributed by atoms with Gasteiger partial charge in [0.1, 0.15) is 45.4 Å². The third kappa shape index (κ3) is 5.94. The Kier molecular flexibility index (Phi) is 9.21. The van der Waals surface area contributed by atoms with Crippen molar-refractivity contribution >= 4 is 102 Å². The number of nitrogens with zero attached hydrogens (tertiary/aromatic N) is 16. The van der Waals surface area contributed by atoms with Gasteiger partial charge in [-0.1, -0.05) is 48.5 Å². The molecule has 76 heavy (non-hydrogen) atoms. The smallest absolute Gasteiger partial charge is 0.160 e. The number of aromatic nitrogens is 12. The zero-order valence-corrected chi connectivity index (χ0v) is 42.3. The fourth-order valence-electron chi connectivity index (χ4n) is 11.8. The maximum atomic E-state index is 5.69. The zero-order valence-electron chi connectivity index (χ0n) is 42.3. The summed E-state index contributed by atoms with van der Waals surface area (Å²) in [5, 5.41) is 0. The average Bonchev–Trinajstić information content (AvgIpc) is 4.22. The highest BCUT2D eigenvalue weighted by atomic mass is 15.3. The van der Waals surface area contributed by atoms with E-state index in [1.165, 1.54) is 0 Å². The van der Waals surface area contributed by atoms with Gasteiger partial charge in [-0.25, -0.2) is 39.9 Å². The maximum Gasteiger partial charge on any atom is 0.160 e. The minimum atomic E-state index is 0.638. The molecule has 0 saturated heterocycles. The van der Waals surface area contributed by atoms with Crippen LogP contribution >= 0.6 is 0 Å². The fourth-order valence-corrected chi connectivity index (χ4v) is 11.8. The van der Waals surface area contributed by atoms with Crippen molar-refractivity contribution in [2.75, 3.05) is 33.7 Å². The number of pyridine rings is 4. The molecule has 0 fully saturated rings. The van der Waals surface area contributed by atoms with Crippen LogP contribution in [-0.4, -0.2) is 72.2 Å². The van der Waals surface area contributed by atoms with Gasteiger partial charge in [-0.3, -0.25) is 0 Å². The molecule has 10 heterocycles. The summed E-state index contributed by atoms with van der Waals surface area (Å²) >= 11 is 0. The Hall–Kier alpha value is -10.2. The van der Waals surface area contributed by atoms with Gasteiger partial charge in [0.05, 0.1) is 68.0 Å². The number of rotatable bonds is 6. The predicted molar refractivity (Wildman–Crippen MR) is 302 cm³/mol. The number of para-hydroxylation sites is 8. The molecule has 0 radical (unpaired) electrons. The van der Waals surface area contributed by atoms with Gasteiger partial charge in [-0.2, -0.15) is 0 Å². The van der Waals surface area contributed by atoms with Gasteiger partial charge < -0.3 is 37.9 Å². The van der Waals surface area contributed by atoms with E-state index in [2.05, 4.69) is 163 Å². The average molecular weight is 991 g/mol. The Morgan fingerprint density at radius 2 is 0.500 bits per heavy atom. The lowest BCUT2D eigenvalue weighted by atomic mass is 9.86. The Labute approximate surface area is 435 Å². The van der Waals surface area contributed by atoms with Gasteiger partial charge in [-0.05, 0) is 97.1 Å². The molecule has 0 bridgehead atoms. The van der Waals surface area contributed by atoms with E-state index in [1.807, 2.05) is 87.4 Å². The summed E-state index contributed by atoms with van der Waals surface area (Å²) in [6.45, 7) is 0. The number of benzene rings is 5. The zero-order chi connectivity index (χ0) is 51.1. The van der Waals surface area contributed by atoms with Crippen LogP contribution in [0.3, 0.4) is 0 Å². The third-order valence-corrected chi connectivity index (χ3v) is 15.2. The summed E-state index contributed by atoms with van der Waals surface area (Å²) in [6.07, 6.45) is 7.28. The molecule has 0 aliphatic carbocycles. The normalized spacial score (nSPS) is 13.0. The second-order valence-electron chi connectivity index (χ2n) is 19.3. The first-order chi connectivity index (χ1) is 37.3. The Morgan fingerprint density at radius 3 is 0.750 bits per heavy atom.